The third-order valence-electron chi connectivity index (χ3n) is 3.07. The van der Waals surface area contributed by atoms with Gasteiger partial charge in [-0.15, -0.1) is 11.8 Å². The molecule has 0 aliphatic heterocycles. The van der Waals surface area contributed by atoms with Crippen molar-refractivity contribution in [1.29, 1.82) is 0 Å². The first kappa shape index (κ1) is 14.9. The summed E-state index contributed by atoms with van der Waals surface area (Å²) in [6, 6.07) is 16.7. The van der Waals surface area contributed by atoms with Crippen LogP contribution in [-0.2, 0) is 13.2 Å². The molecule has 0 radical (unpaired) electrons. The largest absolute Gasteiger partial charge is 0.488 e. The molecule has 2 rings (SSSR count). The van der Waals surface area contributed by atoms with Crippen LogP contribution in [-0.4, -0.2) is 12.8 Å². The van der Waals surface area contributed by atoms with E-state index in [0.29, 0.717) is 6.61 Å². The molecule has 0 bridgehead atoms. The second-order valence-corrected chi connectivity index (χ2v) is 5.38. The summed E-state index contributed by atoms with van der Waals surface area (Å²) >= 11 is 1.71. The van der Waals surface area contributed by atoms with Crippen molar-refractivity contribution in [2.75, 3.05) is 12.8 Å². The summed E-state index contributed by atoms with van der Waals surface area (Å²) in [6.07, 6.45) is 2.07. The van der Waals surface area contributed by atoms with E-state index in [9.17, 15) is 0 Å². The highest BCUT2D eigenvalue weighted by molar-refractivity contribution is 7.98. The fourth-order valence-electron chi connectivity index (χ4n) is 1.92. The highest BCUT2D eigenvalue weighted by Crippen LogP contribution is 2.27. The fourth-order valence-corrected chi connectivity index (χ4v) is 2.46. The third kappa shape index (κ3) is 4.29. The molecule has 0 amide bonds. The van der Waals surface area contributed by atoms with Gasteiger partial charge in [0, 0.05) is 11.4 Å². The average molecular weight is 287 g/mol. The lowest BCUT2D eigenvalue weighted by Gasteiger charge is -2.10. The molecule has 1 N–H and O–H groups in total. The molecule has 0 fully saturated rings. The Morgan fingerprint density at radius 2 is 1.70 bits per heavy atom. The van der Waals surface area contributed by atoms with Crippen LogP contribution >= 0.6 is 11.8 Å². The van der Waals surface area contributed by atoms with Gasteiger partial charge in [-0.25, -0.2) is 0 Å². The van der Waals surface area contributed by atoms with Gasteiger partial charge in [0.15, 0.2) is 0 Å². The highest BCUT2D eigenvalue weighted by Gasteiger charge is 2.02. The van der Waals surface area contributed by atoms with Gasteiger partial charge >= 0.3 is 0 Å². The van der Waals surface area contributed by atoms with E-state index in [1.807, 2.05) is 18.2 Å². The summed E-state index contributed by atoms with van der Waals surface area (Å²) in [7, 11) is 0. The van der Waals surface area contributed by atoms with Crippen LogP contribution in [0.1, 0.15) is 18.1 Å². The number of benzene rings is 2. The minimum atomic E-state index is 0.610. The molecule has 0 aromatic heterocycles. The maximum Gasteiger partial charge on any atom is 0.133 e. The van der Waals surface area contributed by atoms with E-state index in [4.69, 9.17) is 4.74 Å². The van der Waals surface area contributed by atoms with Crippen molar-refractivity contribution in [1.82, 2.24) is 5.32 Å². The molecule has 0 aliphatic rings. The van der Waals surface area contributed by atoms with Crippen LogP contribution in [0.15, 0.2) is 53.4 Å². The lowest BCUT2D eigenvalue weighted by molar-refractivity contribution is 0.299. The minimum Gasteiger partial charge on any atom is -0.488 e. The lowest BCUT2D eigenvalue weighted by Crippen LogP contribution is -2.11. The zero-order chi connectivity index (χ0) is 14.2. The summed E-state index contributed by atoms with van der Waals surface area (Å²) in [5, 5.41) is 3.32. The van der Waals surface area contributed by atoms with E-state index in [2.05, 4.69) is 48.8 Å². The summed E-state index contributed by atoms with van der Waals surface area (Å²) in [5.41, 5.74) is 2.50. The number of ether oxygens (including phenoxy) is 1. The van der Waals surface area contributed by atoms with Crippen LogP contribution in [0.3, 0.4) is 0 Å². The molecule has 0 unspecified atom stereocenters. The van der Waals surface area contributed by atoms with Gasteiger partial charge < -0.3 is 10.1 Å². The van der Waals surface area contributed by atoms with Gasteiger partial charge in [-0.2, -0.15) is 0 Å². The first-order chi connectivity index (χ1) is 9.83. The van der Waals surface area contributed by atoms with E-state index >= 15 is 0 Å². The normalized spacial score (nSPS) is 10.5. The standard InChI is InChI=1S/C17H21NOS/c1-3-18-12-14-8-10-15(11-9-14)13-19-16-6-4-5-7-17(16)20-2/h4-11,18H,3,12-13H2,1-2H3. The van der Waals surface area contributed by atoms with Gasteiger partial charge in [0.05, 0.1) is 0 Å². The van der Waals surface area contributed by atoms with Crippen LogP contribution < -0.4 is 10.1 Å². The Bertz CT molecular complexity index is 525. The highest BCUT2D eigenvalue weighted by atomic mass is 32.2. The fraction of sp³-hybridized carbons (Fsp3) is 0.294. The molecule has 0 saturated carbocycles. The van der Waals surface area contributed by atoms with E-state index in [-0.39, 0.29) is 0 Å². The van der Waals surface area contributed by atoms with E-state index < -0.39 is 0 Å². The Morgan fingerprint density at radius 3 is 2.40 bits per heavy atom. The van der Waals surface area contributed by atoms with E-state index in [1.54, 1.807) is 11.8 Å². The van der Waals surface area contributed by atoms with Crippen LogP contribution in [0, 0.1) is 0 Å². The van der Waals surface area contributed by atoms with Crippen molar-refractivity contribution in [2.24, 2.45) is 0 Å². The van der Waals surface area contributed by atoms with Crippen molar-refractivity contribution in [3.8, 4) is 5.75 Å². The number of rotatable bonds is 7. The number of hydrogen-bond donors (Lipinski definition) is 1. The maximum atomic E-state index is 5.90. The van der Waals surface area contributed by atoms with E-state index in [1.165, 1.54) is 16.0 Å². The Hall–Kier alpha value is -1.45. The summed E-state index contributed by atoms with van der Waals surface area (Å²) in [5.74, 6) is 0.955. The molecule has 3 heteroatoms. The Balaban J connectivity index is 1.93. The maximum absolute atomic E-state index is 5.90. The topological polar surface area (TPSA) is 21.3 Å². The molecule has 2 nitrogen and oxygen atoms in total. The monoisotopic (exact) mass is 287 g/mol. The van der Waals surface area contributed by atoms with Crippen molar-refractivity contribution < 1.29 is 4.74 Å². The van der Waals surface area contributed by atoms with Crippen LogP contribution in [0.2, 0.25) is 0 Å². The first-order valence-corrected chi connectivity index (χ1v) is 8.10. The van der Waals surface area contributed by atoms with Crippen LogP contribution in [0.25, 0.3) is 0 Å². The smallest absolute Gasteiger partial charge is 0.133 e. The molecule has 0 atom stereocenters. The second-order valence-electron chi connectivity index (χ2n) is 4.54. The molecule has 106 valence electrons. The average Bonchev–Trinajstić information content (AvgIpc) is 2.52. The van der Waals surface area contributed by atoms with Crippen molar-refractivity contribution in [2.45, 2.75) is 25.0 Å². The SMILES string of the molecule is CCNCc1ccc(COc2ccccc2SC)cc1. The first-order valence-electron chi connectivity index (χ1n) is 6.88. The quantitative estimate of drug-likeness (QED) is 0.775. The molecule has 2 aromatic rings. The third-order valence-corrected chi connectivity index (χ3v) is 3.84. The summed E-state index contributed by atoms with van der Waals surface area (Å²) < 4.78 is 5.90. The molecular formula is C17H21NOS. The predicted octanol–water partition coefficient (Wildman–Crippen LogP) is 4.10. The Morgan fingerprint density at radius 1 is 1.00 bits per heavy atom. The van der Waals surface area contributed by atoms with Crippen molar-refractivity contribution >= 4 is 11.8 Å². The molecule has 20 heavy (non-hydrogen) atoms. The summed E-state index contributed by atoms with van der Waals surface area (Å²) in [4.78, 5) is 1.18. The summed E-state index contributed by atoms with van der Waals surface area (Å²) in [6.45, 7) is 4.65. The van der Waals surface area contributed by atoms with Gasteiger partial charge in [0.2, 0.25) is 0 Å². The van der Waals surface area contributed by atoms with Gasteiger partial charge in [-0.05, 0) is 36.1 Å². The Kier molecular flexibility index (Phi) is 5.96. The minimum absolute atomic E-state index is 0.610. The number of hydrogen-bond acceptors (Lipinski definition) is 3. The molecule has 0 heterocycles. The molecule has 0 aliphatic carbocycles. The zero-order valence-corrected chi connectivity index (χ0v) is 12.9. The Labute approximate surface area is 125 Å². The van der Waals surface area contributed by atoms with Crippen molar-refractivity contribution in [3.05, 3.63) is 59.7 Å². The van der Waals surface area contributed by atoms with Gasteiger partial charge in [-0.3, -0.25) is 0 Å². The molecule has 2 aromatic carbocycles. The van der Waals surface area contributed by atoms with Gasteiger partial charge in [0.1, 0.15) is 12.4 Å². The molecular weight excluding hydrogens is 266 g/mol. The van der Waals surface area contributed by atoms with Gasteiger partial charge in [0.25, 0.3) is 0 Å². The van der Waals surface area contributed by atoms with Crippen molar-refractivity contribution in [3.63, 3.8) is 0 Å². The van der Waals surface area contributed by atoms with Crippen LogP contribution in [0.5, 0.6) is 5.75 Å². The predicted molar refractivity (Wildman–Crippen MR) is 86.4 cm³/mol. The number of nitrogens with one attached hydrogen (secondary N) is 1. The van der Waals surface area contributed by atoms with E-state index in [0.717, 1.165) is 18.8 Å². The van der Waals surface area contributed by atoms with Crippen LogP contribution in [0.4, 0.5) is 0 Å². The van der Waals surface area contributed by atoms with Gasteiger partial charge in [-0.1, -0.05) is 43.3 Å². The number of para-hydroxylation sites is 1. The molecule has 0 saturated heterocycles. The zero-order valence-electron chi connectivity index (χ0n) is 12.1. The number of thioether (sulfide) groups is 1. The lowest BCUT2D eigenvalue weighted by atomic mass is 10.1. The second kappa shape index (κ2) is 7.98. The molecule has 0 spiro atoms.